The predicted octanol–water partition coefficient (Wildman–Crippen LogP) is 4.73. The highest BCUT2D eigenvalue weighted by Gasteiger charge is 2.34. The van der Waals surface area contributed by atoms with Crippen molar-refractivity contribution in [1.29, 1.82) is 0 Å². The summed E-state index contributed by atoms with van der Waals surface area (Å²) < 4.78 is 26.7. The van der Waals surface area contributed by atoms with Crippen LogP contribution in [0.2, 0.25) is 5.02 Å². The molecule has 9 nitrogen and oxygen atoms in total. The highest BCUT2D eigenvalue weighted by atomic mass is 35.5. The molecule has 1 atom stereocenters. The third-order valence-electron chi connectivity index (χ3n) is 5.96. The topological polar surface area (TPSA) is 103 Å². The van der Waals surface area contributed by atoms with Gasteiger partial charge in [0.2, 0.25) is 0 Å². The van der Waals surface area contributed by atoms with Crippen LogP contribution in [0.15, 0.2) is 42.5 Å². The van der Waals surface area contributed by atoms with E-state index in [1.165, 1.54) is 17.2 Å². The lowest BCUT2D eigenvalue weighted by atomic mass is 9.89. The van der Waals surface area contributed by atoms with Crippen molar-refractivity contribution in [2.24, 2.45) is 0 Å². The molecule has 0 spiro atoms. The number of carboxylic acids is 1. The average Bonchev–Trinajstić information content (AvgIpc) is 3.22. The Kier molecular flexibility index (Phi) is 8.30. The van der Waals surface area contributed by atoms with Gasteiger partial charge in [0.05, 0.1) is 11.7 Å². The smallest absolute Gasteiger partial charge is 0.482 e. The van der Waals surface area contributed by atoms with E-state index in [0.717, 1.165) is 17.0 Å². The number of benzene rings is 2. The van der Waals surface area contributed by atoms with Gasteiger partial charge in [0.15, 0.2) is 6.61 Å². The molecule has 196 valence electrons. The third-order valence-corrected chi connectivity index (χ3v) is 6.20. The second kappa shape index (κ2) is 11.6. The number of hydrogen-bond acceptors (Lipinski definition) is 7. The number of aromatic nitrogens is 2. The van der Waals surface area contributed by atoms with Gasteiger partial charge in [0, 0.05) is 35.8 Å². The summed E-state index contributed by atoms with van der Waals surface area (Å²) in [7, 11) is 0. The summed E-state index contributed by atoms with van der Waals surface area (Å²) in [5.74, 6) is -1.29. The van der Waals surface area contributed by atoms with Crippen molar-refractivity contribution in [3.05, 3.63) is 81.4 Å². The van der Waals surface area contributed by atoms with Crippen LogP contribution in [0.1, 0.15) is 41.0 Å². The summed E-state index contributed by atoms with van der Waals surface area (Å²) in [5, 5.41) is 15.3. The Bertz CT molecular complexity index is 1300. The first-order valence-electron chi connectivity index (χ1n) is 11.8. The maximum absolute atomic E-state index is 14.0. The van der Waals surface area contributed by atoms with E-state index in [1.807, 2.05) is 24.6 Å². The number of hydrogen-bond donors (Lipinski definition) is 1. The number of fused-ring (bicyclic) bond motifs is 1. The summed E-state index contributed by atoms with van der Waals surface area (Å²) in [6.07, 6.45) is -0.0148. The number of aryl methyl sites for hydroxylation is 2. The van der Waals surface area contributed by atoms with E-state index >= 15 is 0 Å². The highest BCUT2D eigenvalue weighted by Crippen LogP contribution is 2.41. The number of carboxylic acid groups (broad SMARTS) is 1. The number of carbonyl (C=O) groups is 2. The van der Waals surface area contributed by atoms with E-state index in [9.17, 15) is 14.0 Å². The number of rotatable bonds is 9. The lowest BCUT2D eigenvalue weighted by Gasteiger charge is -2.36. The Morgan fingerprint density at radius 2 is 2.00 bits per heavy atom. The summed E-state index contributed by atoms with van der Waals surface area (Å²) in [6, 6.07) is 10.3. The summed E-state index contributed by atoms with van der Waals surface area (Å²) in [5.41, 5.74) is 3.69. The fourth-order valence-corrected chi connectivity index (χ4v) is 4.61. The molecule has 11 heteroatoms. The maximum Gasteiger partial charge on any atom is 0.527 e. The number of hydroxylamine groups is 2. The van der Waals surface area contributed by atoms with Crippen molar-refractivity contribution in [1.82, 2.24) is 14.8 Å². The van der Waals surface area contributed by atoms with Gasteiger partial charge in [0.1, 0.15) is 18.2 Å². The van der Waals surface area contributed by atoms with Gasteiger partial charge in [-0.3, -0.25) is 4.68 Å². The zero-order chi connectivity index (χ0) is 26.5. The number of aliphatic carboxylic acids is 1. The first kappa shape index (κ1) is 26.4. The van der Waals surface area contributed by atoms with Crippen molar-refractivity contribution in [3.63, 3.8) is 0 Å². The molecule has 0 fully saturated rings. The number of nitrogens with zero attached hydrogens (tertiary/aromatic N) is 3. The molecule has 0 aliphatic carbocycles. The molecule has 0 unspecified atom stereocenters. The predicted molar refractivity (Wildman–Crippen MR) is 132 cm³/mol. The fourth-order valence-electron chi connectivity index (χ4n) is 4.43. The molecule has 0 amide bonds. The van der Waals surface area contributed by atoms with Crippen LogP contribution in [-0.2, 0) is 33.8 Å². The van der Waals surface area contributed by atoms with Gasteiger partial charge in [-0.05, 0) is 67.8 Å². The SMILES string of the molecule is CCn1nc(C)cc1CCOC(=O)ON1CCc2cc(F)ccc2[C@H]1c1cc(Cl)ccc1OCC(=O)O. The Balaban J connectivity index is 1.56. The standard InChI is InChI=1S/C26H27ClFN3O6/c1-3-30-20(12-16(2)29-30)9-11-35-26(34)37-31-10-8-17-13-19(28)5-6-21(17)25(31)22-14-18(27)4-7-23(22)36-15-24(32)33/h4-7,12-14,25H,3,8-11,15H2,1-2H3,(H,32,33)/t25-/m0/s1. The van der Waals surface area contributed by atoms with Crippen LogP contribution in [0.25, 0.3) is 0 Å². The molecule has 2 aromatic carbocycles. The van der Waals surface area contributed by atoms with E-state index in [4.69, 9.17) is 31.0 Å². The van der Waals surface area contributed by atoms with Crippen LogP contribution in [0.3, 0.4) is 0 Å². The molecule has 37 heavy (non-hydrogen) atoms. The Hall–Kier alpha value is -3.63. The Morgan fingerprint density at radius 1 is 1.19 bits per heavy atom. The van der Waals surface area contributed by atoms with Gasteiger partial charge >= 0.3 is 12.1 Å². The first-order chi connectivity index (χ1) is 17.7. The number of halogens is 2. The lowest BCUT2D eigenvalue weighted by Crippen LogP contribution is -2.38. The van der Waals surface area contributed by atoms with Gasteiger partial charge in [-0.15, -0.1) is 5.06 Å². The van der Waals surface area contributed by atoms with Crippen LogP contribution in [-0.4, -0.2) is 51.8 Å². The van der Waals surface area contributed by atoms with Crippen molar-refractivity contribution >= 4 is 23.7 Å². The second-order valence-corrected chi connectivity index (χ2v) is 8.97. The van der Waals surface area contributed by atoms with E-state index in [-0.39, 0.29) is 24.7 Å². The average molecular weight is 532 g/mol. The second-order valence-electron chi connectivity index (χ2n) is 8.53. The summed E-state index contributed by atoms with van der Waals surface area (Å²) in [4.78, 5) is 29.4. The minimum Gasteiger partial charge on any atom is -0.482 e. The molecule has 0 saturated carbocycles. The van der Waals surface area contributed by atoms with Crippen LogP contribution < -0.4 is 4.74 Å². The normalized spacial score (nSPS) is 15.2. The van der Waals surface area contributed by atoms with E-state index in [0.29, 0.717) is 35.5 Å². The molecule has 3 aromatic rings. The van der Waals surface area contributed by atoms with Gasteiger partial charge in [-0.2, -0.15) is 5.10 Å². The van der Waals surface area contributed by atoms with Gasteiger partial charge in [-0.1, -0.05) is 17.7 Å². The molecule has 0 radical (unpaired) electrons. The molecule has 1 aliphatic rings. The molecule has 2 heterocycles. The van der Waals surface area contributed by atoms with Crippen molar-refractivity contribution in [3.8, 4) is 5.75 Å². The van der Waals surface area contributed by atoms with E-state index in [1.54, 1.807) is 24.3 Å². The molecule has 1 N–H and O–H groups in total. The quantitative estimate of drug-likeness (QED) is 0.395. The van der Waals surface area contributed by atoms with E-state index in [2.05, 4.69) is 5.10 Å². The van der Waals surface area contributed by atoms with Crippen LogP contribution in [0, 0.1) is 12.7 Å². The fraction of sp³-hybridized carbons (Fsp3) is 0.346. The molecule has 1 aromatic heterocycles. The molecule has 0 saturated heterocycles. The Morgan fingerprint density at radius 3 is 2.76 bits per heavy atom. The molecular weight excluding hydrogens is 505 g/mol. The van der Waals surface area contributed by atoms with Crippen LogP contribution in [0.5, 0.6) is 5.75 Å². The van der Waals surface area contributed by atoms with Crippen molar-refractivity contribution < 1.29 is 33.4 Å². The van der Waals surface area contributed by atoms with Crippen LogP contribution in [0.4, 0.5) is 9.18 Å². The minimum absolute atomic E-state index is 0.0917. The van der Waals surface area contributed by atoms with Gasteiger partial charge in [-0.25, -0.2) is 14.0 Å². The molecule has 1 aliphatic heterocycles. The van der Waals surface area contributed by atoms with Crippen molar-refractivity contribution in [2.45, 2.75) is 39.3 Å². The van der Waals surface area contributed by atoms with Crippen LogP contribution >= 0.6 is 11.6 Å². The monoisotopic (exact) mass is 531 g/mol. The summed E-state index contributed by atoms with van der Waals surface area (Å²) in [6.45, 7) is 4.34. The number of carbonyl (C=O) groups excluding carboxylic acids is 1. The van der Waals surface area contributed by atoms with Crippen molar-refractivity contribution in [2.75, 3.05) is 19.8 Å². The number of ether oxygens (including phenoxy) is 2. The first-order valence-corrected chi connectivity index (χ1v) is 12.2. The van der Waals surface area contributed by atoms with Gasteiger partial charge < -0.3 is 19.4 Å². The molecular formula is C26H27ClFN3O6. The molecule has 0 bridgehead atoms. The Labute approximate surface area is 218 Å². The maximum atomic E-state index is 14.0. The highest BCUT2D eigenvalue weighted by molar-refractivity contribution is 6.30. The minimum atomic E-state index is -1.15. The van der Waals surface area contributed by atoms with Gasteiger partial charge in [0.25, 0.3) is 0 Å². The van der Waals surface area contributed by atoms with E-state index < -0.39 is 24.8 Å². The molecule has 4 rings (SSSR count). The largest absolute Gasteiger partial charge is 0.527 e. The third kappa shape index (κ3) is 6.39. The lowest BCUT2D eigenvalue weighted by molar-refractivity contribution is -0.151. The zero-order valence-corrected chi connectivity index (χ0v) is 21.2. The summed E-state index contributed by atoms with van der Waals surface area (Å²) >= 11 is 6.27. The zero-order valence-electron chi connectivity index (χ0n) is 20.4.